The van der Waals surface area contributed by atoms with Gasteiger partial charge in [-0.2, -0.15) is 0 Å². The van der Waals surface area contributed by atoms with Crippen LogP contribution in [0.1, 0.15) is 26.3 Å². The van der Waals surface area contributed by atoms with Gasteiger partial charge in [0.1, 0.15) is 0 Å². The Hall–Kier alpha value is -1.48. The second kappa shape index (κ2) is 6.80. The Labute approximate surface area is 117 Å². The zero-order valence-electron chi connectivity index (χ0n) is 11.9. The highest BCUT2D eigenvalue weighted by Gasteiger charge is 2.44. The number of aliphatic carboxylic acids is 1. The molecule has 0 saturated carbocycles. The van der Waals surface area contributed by atoms with E-state index < -0.39 is 24.3 Å². The Kier molecular flexibility index (Phi) is 6.30. The third-order valence-electron chi connectivity index (χ3n) is 2.90. The van der Waals surface area contributed by atoms with Crippen molar-refractivity contribution in [1.82, 2.24) is 4.98 Å². The SMILES string of the molecule is CC(C)(O)C(C)(O)C(=O)O.Cc1cccnc1B(O)O. The number of carbonyl (C=O) groups is 1. The van der Waals surface area contributed by atoms with Gasteiger partial charge in [-0.25, -0.2) is 4.79 Å². The van der Waals surface area contributed by atoms with Gasteiger partial charge in [-0.15, -0.1) is 0 Å². The molecule has 0 saturated heterocycles. The molecule has 1 aromatic rings. The van der Waals surface area contributed by atoms with E-state index in [2.05, 4.69) is 4.98 Å². The van der Waals surface area contributed by atoms with Crippen LogP contribution in [0.4, 0.5) is 0 Å². The number of carboxylic acids is 1. The van der Waals surface area contributed by atoms with Crippen LogP contribution in [0.25, 0.3) is 0 Å². The molecule has 8 heteroatoms. The summed E-state index contributed by atoms with van der Waals surface area (Å²) in [7, 11) is -1.46. The minimum atomic E-state index is -2.09. The Balaban J connectivity index is 0.000000361. The van der Waals surface area contributed by atoms with Crippen molar-refractivity contribution < 1.29 is 30.2 Å². The van der Waals surface area contributed by atoms with Crippen molar-refractivity contribution >= 4 is 18.7 Å². The molecule has 0 radical (unpaired) electrons. The molecule has 0 aliphatic carbocycles. The summed E-state index contributed by atoms with van der Waals surface area (Å²) in [5.41, 5.74) is -2.61. The molecule has 1 atom stereocenters. The summed E-state index contributed by atoms with van der Waals surface area (Å²) in [5.74, 6) is -1.43. The summed E-state index contributed by atoms with van der Waals surface area (Å²) >= 11 is 0. The van der Waals surface area contributed by atoms with Gasteiger partial charge >= 0.3 is 13.1 Å². The van der Waals surface area contributed by atoms with Crippen LogP contribution in [-0.2, 0) is 4.79 Å². The quantitative estimate of drug-likeness (QED) is 0.434. The van der Waals surface area contributed by atoms with Gasteiger partial charge in [0.15, 0.2) is 5.60 Å². The number of aryl methyl sites for hydroxylation is 1. The summed E-state index contributed by atoms with van der Waals surface area (Å²) < 4.78 is 0. The molecule has 1 aromatic heterocycles. The van der Waals surface area contributed by atoms with E-state index in [1.54, 1.807) is 19.1 Å². The first-order chi connectivity index (χ1) is 8.91. The number of carboxylic acid groups (broad SMARTS) is 1. The molecule has 5 N–H and O–H groups in total. The topological polar surface area (TPSA) is 131 Å². The van der Waals surface area contributed by atoms with E-state index in [1.165, 1.54) is 20.0 Å². The second-order valence-corrected chi connectivity index (χ2v) is 5.02. The van der Waals surface area contributed by atoms with Crippen LogP contribution in [-0.4, -0.2) is 54.6 Å². The molecule has 0 aromatic carbocycles. The van der Waals surface area contributed by atoms with Gasteiger partial charge in [-0.1, -0.05) is 6.07 Å². The van der Waals surface area contributed by atoms with Gasteiger partial charge in [0.25, 0.3) is 0 Å². The van der Waals surface area contributed by atoms with Crippen molar-refractivity contribution in [2.45, 2.75) is 38.9 Å². The highest BCUT2D eigenvalue weighted by molar-refractivity contribution is 6.58. The fourth-order valence-corrected chi connectivity index (χ4v) is 1.03. The molecule has 20 heavy (non-hydrogen) atoms. The van der Waals surface area contributed by atoms with Gasteiger partial charge < -0.3 is 25.4 Å². The molecule has 1 unspecified atom stereocenters. The van der Waals surface area contributed by atoms with Crippen LogP contribution in [0.5, 0.6) is 0 Å². The van der Waals surface area contributed by atoms with E-state index in [0.29, 0.717) is 5.59 Å². The molecule has 0 aliphatic rings. The van der Waals surface area contributed by atoms with Crippen LogP contribution in [0, 0.1) is 6.92 Å². The highest BCUT2D eigenvalue weighted by atomic mass is 16.4. The molecule has 1 rings (SSSR count). The molecule has 7 nitrogen and oxygen atoms in total. The molecular formula is C12H20BNO6. The van der Waals surface area contributed by atoms with Gasteiger partial charge in [-0.05, 0) is 39.3 Å². The smallest absolute Gasteiger partial charge is 0.479 e. The predicted octanol–water partition coefficient (Wildman–Crippen LogP) is -1.34. The van der Waals surface area contributed by atoms with Crippen molar-refractivity contribution in [3.05, 3.63) is 23.9 Å². The summed E-state index contributed by atoms with van der Waals surface area (Å²) in [4.78, 5) is 14.0. The number of aliphatic hydroxyl groups is 2. The Morgan fingerprint density at radius 1 is 1.25 bits per heavy atom. The lowest BCUT2D eigenvalue weighted by atomic mass is 9.83. The maximum Gasteiger partial charge on any atom is 0.508 e. The summed E-state index contributed by atoms with van der Waals surface area (Å²) in [6.07, 6.45) is 1.53. The normalized spacial score (nSPS) is 13.8. The number of hydrogen-bond acceptors (Lipinski definition) is 6. The molecule has 0 aliphatic heterocycles. The third-order valence-corrected chi connectivity index (χ3v) is 2.90. The van der Waals surface area contributed by atoms with Crippen LogP contribution < -0.4 is 5.59 Å². The van der Waals surface area contributed by atoms with E-state index in [0.717, 1.165) is 12.5 Å². The largest absolute Gasteiger partial charge is 0.508 e. The average molecular weight is 285 g/mol. The van der Waals surface area contributed by atoms with E-state index in [1.807, 2.05) is 0 Å². The minimum absolute atomic E-state index is 0.322. The van der Waals surface area contributed by atoms with Gasteiger partial charge in [-0.3, -0.25) is 4.98 Å². The van der Waals surface area contributed by atoms with Gasteiger partial charge in [0, 0.05) is 6.20 Å². The van der Waals surface area contributed by atoms with Gasteiger partial charge in [0.05, 0.1) is 11.2 Å². The Bertz CT molecular complexity index is 456. The second-order valence-electron chi connectivity index (χ2n) is 5.02. The standard InChI is InChI=1S/C6H8BNO2.C6H12O4/c1-5-3-2-4-8-6(5)7(9)10;1-5(2,9)6(3,10)4(7)8/h2-4,9-10H,1H3;9-10H,1-3H3,(H,7,8). The Morgan fingerprint density at radius 3 is 1.95 bits per heavy atom. The third kappa shape index (κ3) is 4.89. The van der Waals surface area contributed by atoms with Crippen LogP contribution in [0.3, 0.4) is 0 Å². The first-order valence-corrected chi connectivity index (χ1v) is 5.87. The van der Waals surface area contributed by atoms with Crippen molar-refractivity contribution in [2.75, 3.05) is 0 Å². The number of aromatic nitrogens is 1. The van der Waals surface area contributed by atoms with E-state index >= 15 is 0 Å². The van der Waals surface area contributed by atoms with Crippen molar-refractivity contribution in [3.63, 3.8) is 0 Å². The van der Waals surface area contributed by atoms with Crippen molar-refractivity contribution in [1.29, 1.82) is 0 Å². The average Bonchev–Trinajstić information content (AvgIpc) is 2.28. The number of pyridine rings is 1. The first kappa shape index (κ1) is 18.5. The molecule has 0 bridgehead atoms. The van der Waals surface area contributed by atoms with E-state index in [9.17, 15) is 4.79 Å². The fraction of sp³-hybridized carbons (Fsp3) is 0.500. The summed E-state index contributed by atoms with van der Waals surface area (Å²) in [5, 5.41) is 43.9. The minimum Gasteiger partial charge on any atom is -0.479 e. The van der Waals surface area contributed by atoms with Gasteiger partial charge in [0.2, 0.25) is 0 Å². The predicted molar refractivity (Wildman–Crippen MR) is 73.4 cm³/mol. The molecular weight excluding hydrogens is 265 g/mol. The zero-order chi connectivity index (χ0) is 16.1. The lowest BCUT2D eigenvalue weighted by Crippen LogP contribution is -2.53. The maximum absolute atomic E-state index is 10.3. The monoisotopic (exact) mass is 285 g/mol. The number of hydrogen-bond donors (Lipinski definition) is 5. The van der Waals surface area contributed by atoms with Crippen LogP contribution in [0.2, 0.25) is 0 Å². The number of rotatable bonds is 3. The maximum atomic E-state index is 10.3. The molecule has 0 fully saturated rings. The zero-order valence-corrected chi connectivity index (χ0v) is 11.9. The number of nitrogens with zero attached hydrogens (tertiary/aromatic N) is 1. The lowest BCUT2D eigenvalue weighted by Gasteiger charge is -2.30. The molecule has 0 amide bonds. The summed E-state index contributed by atoms with van der Waals surface area (Å²) in [6.45, 7) is 5.30. The van der Waals surface area contributed by atoms with Crippen molar-refractivity contribution in [2.24, 2.45) is 0 Å². The summed E-state index contributed by atoms with van der Waals surface area (Å²) in [6, 6.07) is 3.53. The fourth-order valence-electron chi connectivity index (χ4n) is 1.03. The van der Waals surface area contributed by atoms with E-state index in [-0.39, 0.29) is 0 Å². The van der Waals surface area contributed by atoms with E-state index in [4.69, 9.17) is 25.4 Å². The van der Waals surface area contributed by atoms with Crippen LogP contribution in [0.15, 0.2) is 18.3 Å². The molecule has 112 valence electrons. The lowest BCUT2D eigenvalue weighted by molar-refractivity contribution is -0.181. The molecule has 1 heterocycles. The van der Waals surface area contributed by atoms with Crippen LogP contribution >= 0.6 is 0 Å². The van der Waals surface area contributed by atoms with Crippen molar-refractivity contribution in [3.8, 4) is 0 Å². The highest BCUT2D eigenvalue weighted by Crippen LogP contribution is 2.20. The first-order valence-electron chi connectivity index (χ1n) is 5.87. The molecule has 0 spiro atoms. The Morgan fingerprint density at radius 2 is 1.75 bits per heavy atom.